The molecule has 2 atom stereocenters. The summed E-state index contributed by atoms with van der Waals surface area (Å²) >= 11 is 6.00. The molecule has 2 aliphatic rings. The Hall–Kier alpha value is -1.85. The Morgan fingerprint density at radius 2 is 2.08 bits per heavy atom. The van der Waals surface area contributed by atoms with Crippen molar-refractivity contribution >= 4 is 17.5 Å². The van der Waals surface area contributed by atoms with E-state index in [1.807, 2.05) is 24.3 Å². The van der Waals surface area contributed by atoms with Gasteiger partial charge in [0.15, 0.2) is 5.69 Å². The molecule has 6 heteroatoms. The zero-order valence-corrected chi connectivity index (χ0v) is 14.5. The van der Waals surface area contributed by atoms with E-state index in [4.69, 9.17) is 21.3 Å². The fraction of sp³-hybridized carbons (Fsp3) is 0.444. The van der Waals surface area contributed by atoms with Gasteiger partial charge in [0.05, 0.1) is 18.3 Å². The summed E-state index contributed by atoms with van der Waals surface area (Å²) in [5, 5.41) is 3.74. The predicted molar refractivity (Wildman–Crippen MR) is 91.6 cm³/mol. The molecular formula is C18H20ClN3O2. The van der Waals surface area contributed by atoms with E-state index >= 15 is 0 Å². The van der Waals surface area contributed by atoms with Crippen LogP contribution < -0.4 is 5.32 Å². The van der Waals surface area contributed by atoms with Gasteiger partial charge in [-0.25, -0.2) is 4.98 Å². The molecule has 0 saturated carbocycles. The number of fused-ring (bicyclic) bond motifs is 1. The Morgan fingerprint density at radius 3 is 2.71 bits per heavy atom. The van der Waals surface area contributed by atoms with Gasteiger partial charge in [0.1, 0.15) is 5.82 Å². The summed E-state index contributed by atoms with van der Waals surface area (Å²) in [6, 6.07) is 7.65. The Labute approximate surface area is 146 Å². The van der Waals surface area contributed by atoms with Crippen LogP contribution in [0.1, 0.15) is 65.8 Å². The highest BCUT2D eigenvalue weighted by Crippen LogP contribution is 2.37. The Morgan fingerprint density at radius 1 is 1.33 bits per heavy atom. The first-order chi connectivity index (χ1) is 11.6. The third-order valence-corrected chi connectivity index (χ3v) is 5.01. The molecule has 0 bridgehead atoms. The van der Waals surface area contributed by atoms with E-state index in [0.717, 1.165) is 30.1 Å². The number of ether oxygens (including phenoxy) is 1. The summed E-state index contributed by atoms with van der Waals surface area (Å²) in [4.78, 5) is 17.2. The molecule has 24 heavy (non-hydrogen) atoms. The van der Waals surface area contributed by atoms with Crippen LogP contribution >= 0.6 is 11.6 Å². The SMILES string of the molecule is CC(C)n1c(C2CCOC2)nc2c1C(c1ccc(Cl)cc1)NC2=O. The van der Waals surface area contributed by atoms with Crippen LogP contribution in [0.2, 0.25) is 5.02 Å². The Bertz CT molecular complexity index is 776. The maximum Gasteiger partial charge on any atom is 0.272 e. The second-order valence-corrected chi connectivity index (χ2v) is 7.12. The molecule has 1 saturated heterocycles. The number of benzene rings is 1. The quantitative estimate of drug-likeness (QED) is 0.926. The summed E-state index contributed by atoms with van der Waals surface area (Å²) in [7, 11) is 0. The van der Waals surface area contributed by atoms with Crippen LogP contribution in [0.3, 0.4) is 0 Å². The molecular weight excluding hydrogens is 326 g/mol. The molecule has 0 radical (unpaired) electrons. The highest BCUT2D eigenvalue weighted by atomic mass is 35.5. The highest BCUT2D eigenvalue weighted by molar-refractivity contribution is 6.30. The molecule has 2 aromatic rings. The van der Waals surface area contributed by atoms with E-state index in [-0.39, 0.29) is 23.9 Å². The number of nitrogens with zero attached hydrogens (tertiary/aromatic N) is 2. The molecule has 0 spiro atoms. The number of carbonyl (C=O) groups is 1. The van der Waals surface area contributed by atoms with Crippen molar-refractivity contribution in [3.8, 4) is 0 Å². The van der Waals surface area contributed by atoms with Crippen molar-refractivity contribution in [1.29, 1.82) is 0 Å². The molecule has 5 nitrogen and oxygen atoms in total. The van der Waals surface area contributed by atoms with E-state index in [2.05, 4.69) is 23.7 Å². The molecule has 4 rings (SSSR count). The molecule has 3 heterocycles. The maximum atomic E-state index is 12.5. The van der Waals surface area contributed by atoms with Gasteiger partial charge in [-0.15, -0.1) is 0 Å². The maximum absolute atomic E-state index is 12.5. The van der Waals surface area contributed by atoms with Gasteiger partial charge in [-0.05, 0) is 38.0 Å². The first-order valence-electron chi connectivity index (χ1n) is 8.32. The van der Waals surface area contributed by atoms with Crippen molar-refractivity contribution in [2.24, 2.45) is 0 Å². The summed E-state index contributed by atoms with van der Waals surface area (Å²) < 4.78 is 7.74. The van der Waals surface area contributed by atoms with E-state index in [0.29, 0.717) is 17.3 Å². The lowest BCUT2D eigenvalue weighted by atomic mass is 10.0. The van der Waals surface area contributed by atoms with Gasteiger partial charge < -0.3 is 14.6 Å². The van der Waals surface area contributed by atoms with Gasteiger partial charge in [0.2, 0.25) is 0 Å². The number of carbonyl (C=O) groups excluding carboxylic acids is 1. The molecule has 1 aromatic heterocycles. The third-order valence-electron chi connectivity index (χ3n) is 4.75. The summed E-state index contributed by atoms with van der Waals surface area (Å²) in [5.74, 6) is 1.13. The molecule has 2 aliphatic heterocycles. The zero-order chi connectivity index (χ0) is 16.8. The second kappa shape index (κ2) is 5.90. The van der Waals surface area contributed by atoms with Gasteiger partial charge in [-0.1, -0.05) is 23.7 Å². The van der Waals surface area contributed by atoms with Gasteiger partial charge in [-0.2, -0.15) is 0 Å². The van der Waals surface area contributed by atoms with Crippen LogP contribution in [0.5, 0.6) is 0 Å². The molecule has 1 fully saturated rings. The van der Waals surface area contributed by atoms with E-state index < -0.39 is 0 Å². The number of halogens is 1. The largest absolute Gasteiger partial charge is 0.381 e. The average molecular weight is 346 g/mol. The molecule has 1 N–H and O–H groups in total. The van der Waals surface area contributed by atoms with Crippen LogP contribution in [0.15, 0.2) is 24.3 Å². The molecule has 0 aliphatic carbocycles. The number of nitrogens with one attached hydrogen (secondary N) is 1. The van der Waals surface area contributed by atoms with Crippen LogP contribution in [-0.2, 0) is 4.74 Å². The average Bonchev–Trinajstić information content (AvgIpc) is 3.24. The summed E-state index contributed by atoms with van der Waals surface area (Å²) in [6.07, 6.45) is 0.954. The first kappa shape index (κ1) is 15.7. The van der Waals surface area contributed by atoms with Crippen LogP contribution in [0.25, 0.3) is 0 Å². The molecule has 126 valence electrons. The van der Waals surface area contributed by atoms with Gasteiger partial charge in [0, 0.05) is 23.6 Å². The van der Waals surface area contributed by atoms with Crippen molar-refractivity contribution in [2.45, 2.75) is 38.3 Å². The molecule has 1 aromatic carbocycles. The minimum absolute atomic E-state index is 0.107. The molecule has 2 unspecified atom stereocenters. The fourth-order valence-corrected chi connectivity index (χ4v) is 3.77. The topological polar surface area (TPSA) is 56.1 Å². The number of hydrogen-bond acceptors (Lipinski definition) is 3. The van der Waals surface area contributed by atoms with E-state index in [1.165, 1.54) is 0 Å². The van der Waals surface area contributed by atoms with Gasteiger partial charge >= 0.3 is 0 Å². The molecule has 1 amide bonds. The van der Waals surface area contributed by atoms with Crippen molar-refractivity contribution in [2.75, 3.05) is 13.2 Å². The highest BCUT2D eigenvalue weighted by Gasteiger charge is 2.39. The fourth-order valence-electron chi connectivity index (χ4n) is 3.64. The van der Waals surface area contributed by atoms with Crippen LogP contribution in [0, 0.1) is 0 Å². The van der Waals surface area contributed by atoms with E-state index in [1.54, 1.807) is 0 Å². The number of aromatic nitrogens is 2. The smallest absolute Gasteiger partial charge is 0.272 e. The lowest BCUT2D eigenvalue weighted by Gasteiger charge is -2.22. The lowest BCUT2D eigenvalue weighted by molar-refractivity contribution is 0.0955. The van der Waals surface area contributed by atoms with Crippen LogP contribution in [-0.4, -0.2) is 28.7 Å². The van der Waals surface area contributed by atoms with E-state index in [9.17, 15) is 4.79 Å². The van der Waals surface area contributed by atoms with Crippen molar-refractivity contribution in [3.05, 3.63) is 52.1 Å². The minimum atomic E-state index is -0.185. The minimum Gasteiger partial charge on any atom is -0.381 e. The zero-order valence-electron chi connectivity index (χ0n) is 13.8. The van der Waals surface area contributed by atoms with Crippen LogP contribution in [0.4, 0.5) is 0 Å². The number of amides is 1. The second-order valence-electron chi connectivity index (χ2n) is 6.69. The van der Waals surface area contributed by atoms with Crippen molar-refractivity contribution in [3.63, 3.8) is 0 Å². The van der Waals surface area contributed by atoms with Gasteiger partial charge in [-0.3, -0.25) is 4.79 Å². The number of rotatable bonds is 3. The predicted octanol–water partition coefficient (Wildman–Crippen LogP) is 3.45. The Kier molecular flexibility index (Phi) is 3.85. The monoisotopic (exact) mass is 345 g/mol. The van der Waals surface area contributed by atoms with Gasteiger partial charge in [0.25, 0.3) is 5.91 Å². The van der Waals surface area contributed by atoms with Crippen molar-refractivity contribution in [1.82, 2.24) is 14.9 Å². The lowest BCUT2D eigenvalue weighted by Crippen LogP contribution is -2.24. The standard InChI is InChI=1S/C18H20ClN3O2/c1-10(2)22-16-14(11-3-5-13(19)6-4-11)21-18(23)15(16)20-17(22)12-7-8-24-9-12/h3-6,10,12,14H,7-9H2,1-2H3,(H,21,23). The summed E-state index contributed by atoms with van der Waals surface area (Å²) in [5.41, 5.74) is 2.52. The summed E-state index contributed by atoms with van der Waals surface area (Å²) in [6.45, 7) is 5.69. The number of imidazole rings is 1. The Balaban J connectivity index is 1.84. The van der Waals surface area contributed by atoms with Crippen molar-refractivity contribution < 1.29 is 9.53 Å². The third kappa shape index (κ3) is 2.43. The normalized spacial score (nSPS) is 22.9. The first-order valence-corrected chi connectivity index (χ1v) is 8.70. The number of hydrogen-bond donors (Lipinski definition) is 1.